The van der Waals surface area contributed by atoms with Crippen molar-refractivity contribution in [2.45, 2.75) is 179 Å². The molecule has 0 saturated carbocycles. The van der Waals surface area contributed by atoms with Crippen LogP contribution in [0.25, 0.3) is 0 Å². The topological polar surface area (TPSA) is 110 Å². The fraction of sp³-hybridized carbons (Fsp3) is 0.763. The van der Waals surface area contributed by atoms with Gasteiger partial charge in [-0.15, -0.1) is 0 Å². The van der Waals surface area contributed by atoms with E-state index in [0.717, 1.165) is 57.8 Å². The van der Waals surface area contributed by atoms with Gasteiger partial charge in [0, 0.05) is 6.42 Å². The van der Waals surface area contributed by atoms with E-state index in [2.05, 4.69) is 49.5 Å². The third-order valence-corrected chi connectivity index (χ3v) is 8.04. The average molecular weight is 620 g/mol. The Morgan fingerprint density at radius 1 is 0.636 bits per heavy atom. The van der Waals surface area contributed by atoms with Crippen molar-refractivity contribution >= 4 is 5.91 Å². The normalized spacial score (nSPS) is 15.1. The van der Waals surface area contributed by atoms with Crippen molar-refractivity contribution in [3.8, 4) is 0 Å². The Bertz CT molecular complexity index is 748. The van der Waals surface area contributed by atoms with E-state index >= 15 is 0 Å². The zero-order chi connectivity index (χ0) is 32.5. The van der Waals surface area contributed by atoms with Crippen molar-refractivity contribution in [2.24, 2.45) is 0 Å². The molecule has 256 valence electrons. The van der Waals surface area contributed by atoms with E-state index in [-0.39, 0.29) is 12.0 Å². The molecular formula is C38H69NO5. The first-order chi connectivity index (χ1) is 21.5. The molecule has 1 amide bonds. The molecule has 4 atom stereocenters. The molecule has 0 aliphatic carbocycles. The molecule has 0 aromatic heterocycles. The van der Waals surface area contributed by atoms with E-state index in [1.54, 1.807) is 0 Å². The molecular weight excluding hydrogens is 550 g/mol. The Labute approximate surface area is 270 Å². The highest BCUT2D eigenvalue weighted by Crippen LogP contribution is 2.15. The molecule has 0 rings (SSSR count). The highest BCUT2D eigenvalue weighted by Gasteiger charge is 2.26. The van der Waals surface area contributed by atoms with Gasteiger partial charge in [0.1, 0.15) is 6.10 Å². The molecule has 0 radical (unpaired) electrons. The van der Waals surface area contributed by atoms with Gasteiger partial charge in [-0.3, -0.25) is 4.79 Å². The van der Waals surface area contributed by atoms with Crippen LogP contribution < -0.4 is 5.32 Å². The first-order valence-corrected chi connectivity index (χ1v) is 18.0. The van der Waals surface area contributed by atoms with Crippen LogP contribution in [0.1, 0.15) is 155 Å². The number of hydrogen-bond donors (Lipinski definition) is 5. The third-order valence-electron chi connectivity index (χ3n) is 8.04. The van der Waals surface area contributed by atoms with Crippen molar-refractivity contribution in [2.75, 3.05) is 6.61 Å². The molecule has 6 nitrogen and oxygen atoms in total. The number of nitrogens with one attached hydrogen (secondary N) is 1. The van der Waals surface area contributed by atoms with Crippen LogP contribution in [0.2, 0.25) is 0 Å². The lowest BCUT2D eigenvalue weighted by molar-refractivity contribution is -0.124. The summed E-state index contributed by atoms with van der Waals surface area (Å²) in [6, 6.07) is -0.851. The number of carbonyl (C=O) groups is 1. The van der Waals surface area contributed by atoms with E-state index in [0.29, 0.717) is 19.3 Å². The summed E-state index contributed by atoms with van der Waals surface area (Å²) < 4.78 is 0. The average Bonchev–Trinajstić information content (AvgIpc) is 3.02. The van der Waals surface area contributed by atoms with Crippen LogP contribution in [0.4, 0.5) is 0 Å². The molecule has 0 fully saturated rings. The summed E-state index contributed by atoms with van der Waals surface area (Å²) in [6.45, 7) is 4.01. The van der Waals surface area contributed by atoms with Crippen LogP contribution in [0.15, 0.2) is 48.6 Å². The lowest BCUT2D eigenvalue weighted by Gasteiger charge is -2.26. The predicted molar refractivity (Wildman–Crippen MR) is 187 cm³/mol. The molecule has 0 heterocycles. The van der Waals surface area contributed by atoms with Gasteiger partial charge in [-0.1, -0.05) is 159 Å². The molecule has 0 bridgehead atoms. The monoisotopic (exact) mass is 620 g/mol. The Kier molecular flexibility index (Phi) is 31.4. The molecule has 0 aliphatic heterocycles. The number of amides is 1. The molecule has 0 spiro atoms. The Balaban J connectivity index is 3.90. The summed E-state index contributed by atoms with van der Waals surface area (Å²) >= 11 is 0. The van der Waals surface area contributed by atoms with Crippen LogP contribution in [0.3, 0.4) is 0 Å². The highest BCUT2D eigenvalue weighted by atomic mass is 16.3. The third kappa shape index (κ3) is 27.8. The lowest BCUT2D eigenvalue weighted by Crippen LogP contribution is -2.50. The van der Waals surface area contributed by atoms with E-state index in [1.165, 1.54) is 64.2 Å². The fourth-order valence-corrected chi connectivity index (χ4v) is 5.14. The largest absolute Gasteiger partial charge is 0.394 e. The van der Waals surface area contributed by atoms with Crippen molar-refractivity contribution in [3.63, 3.8) is 0 Å². The van der Waals surface area contributed by atoms with Crippen LogP contribution in [-0.4, -0.2) is 57.3 Å². The minimum atomic E-state index is -1.17. The zero-order valence-corrected chi connectivity index (χ0v) is 28.4. The highest BCUT2D eigenvalue weighted by molar-refractivity contribution is 5.76. The van der Waals surface area contributed by atoms with Crippen LogP contribution >= 0.6 is 0 Å². The number of aliphatic hydroxyl groups excluding tert-OH is 4. The summed E-state index contributed by atoms with van der Waals surface area (Å²) in [7, 11) is 0. The quantitative estimate of drug-likeness (QED) is 0.0304. The first kappa shape index (κ1) is 42.3. The van der Waals surface area contributed by atoms with Crippen molar-refractivity contribution in [1.29, 1.82) is 0 Å². The standard InChI is InChI=1S/C38H69NO5/c1-3-5-7-8-9-10-11-14-17-20-23-27-31-36(42)38(44)35(33-40)39-37(43)32-28-24-21-18-15-12-13-16-19-22-26-30-34(41)29-25-6-4-2/h12-13,18-19,21-22,26,30,34-36,38,40-42,44H,3-11,14-17,20,23-25,27-29,31-33H2,1-2H3,(H,39,43)/b13-12-,21-18-,22-19-,30-26+/t34-,35-,36+,38+/m0/s1. The Hall–Kier alpha value is -1.73. The molecule has 6 heteroatoms. The first-order valence-electron chi connectivity index (χ1n) is 18.0. The molecule has 0 aromatic rings. The van der Waals surface area contributed by atoms with Gasteiger partial charge in [0.25, 0.3) is 0 Å². The van der Waals surface area contributed by atoms with E-state index < -0.39 is 24.9 Å². The second-order valence-electron chi connectivity index (χ2n) is 12.3. The number of carbonyl (C=O) groups excluding carboxylic acids is 1. The number of hydrogen-bond acceptors (Lipinski definition) is 5. The van der Waals surface area contributed by atoms with Crippen LogP contribution in [0.5, 0.6) is 0 Å². The fourth-order valence-electron chi connectivity index (χ4n) is 5.14. The molecule has 44 heavy (non-hydrogen) atoms. The minimum Gasteiger partial charge on any atom is -0.394 e. The second-order valence-corrected chi connectivity index (χ2v) is 12.3. The van der Waals surface area contributed by atoms with Gasteiger partial charge in [-0.05, 0) is 38.5 Å². The SMILES string of the molecule is CCCCCCCCCCCCCC[C@@H](O)[C@H](O)[C@H](CO)NC(=O)CCC/C=C\C/C=C\C/C=C\C=C\[C@@H](O)CCCCC. The van der Waals surface area contributed by atoms with Crippen molar-refractivity contribution in [1.82, 2.24) is 5.32 Å². The Morgan fingerprint density at radius 2 is 1.16 bits per heavy atom. The van der Waals surface area contributed by atoms with E-state index in [9.17, 15) is 25.2 Å². The summed E-state index contributed by atoms with van der Waals surface area (Å²) in [6.07, 6.45) is 36.7. The predicted octanol–water partition coefficient (Wildman–Crippen LogP) is 8.39. The van der Waals surface area contributed by atoms with Gasteiger partial charge in [-0.25, -0.2) is 0 Å². The van der Waals surface area contributed by atoms with Crippen molar-refractivity contribution < 1.29 is 25.2 Å². The molecule has 0 aromatic carbocycles. The zero-order valence-electron chi connectivity index (χ0n) is 28.4. The maximum Gasteiger partial charge on any atom is 0.220 e. The van der Waals surface area contributed by atoms with E-state index in [4.69, 9.17) is 0 Å². The maximum absolute atomic E-state index is 12.3. The van der Waals surface area contributed by atoms with Crippen molar-refractivity contribution in [3.05, 3.63) is 48.6 Å². The minimum absolute atomic E-state index is 0.219. The smallest absolute Gasteiger partial charge is 0.220 e. The Morgan fingerprint density at radius 3 is 1.77 bits per heavy atom. The molecule has 0 saturated heterocycles. The van der Waals surface area contributed by atoms with Gasteiger partial charge in [-0.2, -0.15) is 0 Å². The van der Waals surface area contributed by atoms with Gasteiger partial charge in [0.15, 0.2) is 0 Å². The summed E-state index contributed by atoms with van der Waals surface area (Å²) in [5.41, 5.74) is 0. The summed E-state index contributed by atoms with van der Waals surface area (Å²) in [4.78, 5) is 12.3. The maximum atomic E-state index is 12.3. The molecule has 0 aliphatic rings. The summed E-state index contributed by atoms with van der Waals surface area (Å²) in [5, 5.41) is 43.1. The van der Waals surface area contributed by atoms with Gasteiger partial charge in [0.2, 0.25) is 5.91 Å². The molecule has 5 N–H and O–H groups in total. The number of unbranched alkanes of at least 4 members (excludes halogenated alkanes) is 14. The number of rotatable bonds is 31. The lowest BCUT2D eigenvalue weighted by atomic mass is 9.99. The van der Waals surface area contributed by atoms with Crippen LogP contribution in [-0.2, 0) is 4.79 Å². The number of allylic oxidation sites excluding steroid dienone is 7. The molecule has 0 unspecified atom stereocenters. The van der Waals surface area contributed by atoms with E-state index in [1.807, 2.05) is 18.2 Å². The van der Waals surface area contributed by atoms with Gasteiger partial charge in [0.05, 0.1) is 24.9 Å². The second kappa shape index (κ2) is 32.7. The van der Waals surface area contributed by atoms with Gasteiger partial charge >= 0.3 is 0 Å². The van der Waals surface area contributed by atoms with Crippen LogP contribution in [0, 0.1) is 0 Å². The number of aliphatic hydroxyl groups is 4. The summed E-state index contributed by atoms with van der Waals surface area (Å²) in [5.74, 6) is -0.219. The van der Waals surface area contributed by atoms with Gasteiger partial charge < -0.3 is 25.7 Å².